The molecule has 0 aliphatic heterocycles. The lowest BCUT2D eigenvalue weighted by molar-refractivity contribution is -0.106. The highest BCUT2D eigenvalue weighted by molar-refractivity contribution is 7.91. The fourth-order valence-electron chi connectivity index (χ4n) is 0.680. The molecule has 0 heterocycles. The van der Waals surface area contributed by atoms with Gasteiger partial charge in [-0.3, -0.25) is 0 Å². The summed E-state index contributed by atoms with van der Waals surface area (Å²) in [6.45, 7) is 0.165. The van der Waals surface area contributed by atoms with Gasteiger partial charge < -0.3 is 0 Å². The van der Waals surface area contributed by atoms with E-state index < -0.39 is 27.5 Å². The van der Waals surface area contributed by atoms with Gasteiger partial charge in [0.25, 0.3) is 0 Å². The summed E-state index contributed by atoms with van der Waals surface area (Å²) in [5.41, 5.74) is 0. The molecule has 80 valence electrons. The number of nitrogens with one attached hydrogen (secondary N) is 1. The van der Waals surface area contributed by atoms with E-state index in [1.807, 2.05) is 0 Å². The molecular weight excluding hydrogens is 231 g/mol. The number of rotatable bonds is 5. The number of hydrogen-bond donors (Lipinski definition) is 1. The summed E-state index contributed by atoms with van der Waals surface area (Å²) in [5, 5.41) is 0. The van der Waals surface area contributed by atoms with Gasteiger partial charge in [0, 0.05) is 6.54 Å². The molecule has 0 amide bonds. The second-order valence-corrected chi connectivity index (χ2v) is 4.90. The van der Waals surface area contributed by atoms with Crippen molar-refractivity contribution in [2.24, 2.45) is 0 Å². The minimum absolute atomic E-state index is 0.0713. The molecule has 0 aromatic rings. The molecule has 8 heteroatoms. The third-order valence-electron chi connectivity index (χ3n) is 1.11. The van der Waals surface area contributed by atoms with Crippen molar-refractivity contribution in [3.8, 4) is 0 Å². The Bertz CT molecular complexity index is 239. The summed E-state index contributed by atoms with van der Waals surface area (Å²) in [4.78, 5) is 2.13. The van der Waals surface area contributed by atoms with E-state index in [0.717, 1.165) is 0 Å². The Hall–Kier alpha value is -0.0100. The first-order chi connectivity index (χ1) is 5.77. The van der Waals surface area contributed by atoms with E-state index in [2.05, 4.69) is 4.84 Å². The van der Waals surface area contributed by atoms with Crippen molar-refractivity contribution >= 4 is 21.6 Å². The predicted molar refractivity (Wildman–Crippen MR) is 43.2 cm³/mol. The second kappa shape index (κ2) is 5.02. The number of hydrogen-bond acceptors (Lipinski definition) is 3. The SMILES string of the molecule is O=S(=O)(CCCNCl)CC(F)(F)F. The van der Waals surface area contributed by atoms with Crippen LogP contribution in [-0.4, -0.2) is 32.6 Å². The van der Waals surface area contributed by atoms with Crippen molar-refractivity contribution in [2.45, 2.75) is 12.6 Å². The summed E-state index contributed by atoms with van der Waals surface area (Å²) in [6, 6.07) is 0. The van der Waals surface area contributed by atoms with Gasteiger partial charge >= 0.3 is 6.18 Å². The van der Waals surface area contributed by atoms with E-state index in [1.165, 1.54) is 0 Å². The smallest absolute Gasteiger partial charge is 0.234 e. The van der Waals surface area contributed by atoms with Gasteiger partial charge in [0.05, 0.1) is 5.75 Å². The van der Waals surface area contributed by atoms with E-state index in [-0.39, 0.29) is 13.0 Å². The van der Waals surface area contributed by atoms with Gasteiger partial charge in [0.2, 0.25) is 0 Å². The van der Waals surface area contributed by atoms with Crippen LogP contribution in [0, 0.1) is 0 Å². The van der Waals surface area contributed by atoms with Crippen LogP contribution in [0.2, 0.25) is 0 Å². The van der Waals surface area contributed by atoms with Gasteiger partial charge in [-0.05, 0) is 18.2 Å². The average Bonchev–Trinajstić information content (AvgIpc) is 1.81. The van der Waals surface area contributed by atoms with Crippen LogP contribution in [0.15, 0.2) is 0 Å². The molecule has 0 bridgehead atoms. The fourth-order valence-corrected chi connectivity index (χ4v) is 2.04. The largest absolute Gasteiger partial charge is 0.402 e. The Balaban J connectivity index is 3.96. The van der Waals surface area contributed by atoms with Crippen molar-refractivity contribution in [3.05, 3.63) is 0 Å². The zero-order chi connectivity index (χ0) is 10.5. The Morgan fingerprint density at radius 1 is 1.31 bits per heavy atom. The standard InChI is InChI=1S/C5H9ClF3NO2S/c6-10-2-1-3-13(11,12)4-5(7,8)9/h10H,1-4H2. The highest BCUT2D eigenvalue weighted by Crippen LogP contribution is 2.17. The molecule has 0 aromatic heterocycles. The Morgan fingerprint density at radius 2 is 1.85 bits per heavy atom. The molecule has 0 saturated heterocycles. The first kappa shape index (κ1) is 13.0. The van der Waals surface area contributed by atoms with Crippen LogP contribution in [0.3, 0.4) is 0 Å². The third kappa shape index (κ3) is 8.32. The average molecular weight is 240 g/mol. The zero-order valence-corrected chi connectivity index (χ0v) is 8.14. The molecule has 1 N–H and O–H groups in total. The van der Waals surface area contributed by atoms with Crippen LogP contribution in [0.4, 0.5) is 13.2 Å². The quantitative estimate of drug-likeness (QED) is 0.577. The maximum atomic E-state index is 11.6. The van der Waals surface area contributed by atoms with Gasteiger partial charge in [-0.1, -0.05) is 0 Å². The first-order valence-electron chi connectivity index (χ1n) is 3.37. The fraction of sp³-hybridized carbons (Fsp3) is 1.00. The van der Waals surface area contributed by atoms with Crippen LogP contribution in [-0.2, 0) is 9.84 Å². The van der Waals surface area contributed by atoms with Crippen molar-refractivity contribution in [1.29, 1.82) is 0 Å². The molecule has 0 spiro atoms. The van der Waals surface area contributed by atoms with Gasteiger partial charge in [-0.25, -0.2) is 13.3 Å². The predicted octanol–water partition coefficient (Wildman–Crippen LogP) is 1.10. The second-order valence-electron chi connectivity index (χ2n) is 2.44. The van der Waals surface area contributed by atoms with E-state index in [0.29, 0.717) is 0 Å². The molecule has 0 unspecified atom stereocenters. The van der Waals surface area contributed by atoms with Crippen LogP contribution in [0.1, 0.15) is 6.42 Å². The van der Waals surface area contributed by atoms with Crippen molar-refractivity contribution in [3.63, 3.8) is 0 Å². The summed E-state index contributed by atoms with van der Waals surface area (Å²) in [6.07, 6.45) is -4.59. The number of sulfone groups is 1. The maximum Gasteiger partial charge on any atom is 0.402 e. The Morgan fingerprint density at radius 3 is 2.23 bits per heavy atom. The number of halogens is 4. The molecule has 0 atom stereocenters. The van der Waals surface area contributed by atoms with E-state index >= 15 is 0 Å². The molecule has 0 aliphatic carbocycles. The monoisotopic (exact) mass is 239 g/mol. The van der Waals surface area contributed by atoms with E-state index in [9.17, 15) is 21.6 Å². The highest BCUT2D eigenvalue weighted by atomic mass is 35.5. The molecule has 13 heavy (non-hydrogen) atoms. The molecule has 0 saturated carbocycles. The van der Waals surface area contributed by atoms with Crippen molar-refractivity contribution in [2.75, 3.05) is 18.1 Å². The Labute approximate surface area is 79.3 Å². The third-order valence-corrected chi connectivity index (χ3v) is 2.98. The van der Waals surface area contributed by atoms with Crippen molar-refractivity contribution in [1.82, 2.24) is 4.84 Å². The summed E-state index contributed by atoms with van der Waals surface area (Å²) >= 11 is 5.00. The normalized spacial score (nSPS) is 13.2. The first-order valence-corrected chi connectivity index (χ1v) is 5.57. The Kier molecular flexibility index (Phi) is 5.01. The van der Waals surface area contributed by atoms with Crippen LogP contribution < -0.4 is 4.84 Å². The summed E-state index contributed by atoms with van der Waals surface area (Å²) in [5.74, 6) is -2.27. The van der Waals surface area contributed by atoms with Gasteiger partial charge in [-0.15, -0.1) is 0 Å². The summed E-state index contributed by atoms with van der Waals surface area (Å²) < 4.78 is 56.4. The molecule has 0 fully saturated rings. The van der Waals surface area contributed by atoms with Crippen molar-refractivity contribution < 1.29 is 21.6 Å². The maximum absolute atomic E-state index is 11.6. The highest BCUT2D eigenvalue weighted by Gasteiger charge is 2.34. The number of alkyl halides is 3. The van der Waals surface area contributed by atoms with Gasteiger partial charge in [0.1, 0.15) is 5.75 Å². The lowest BCUT2D eigenvalue weighted by atomic mass is 10.5. The molecule has 0 aromatic carbocycles. The molecule has 3 nitrogen and oxygen atoms in total. The molecule has 0 radical (unpaired) electrons. The molecule has 0 rings (SSSR count). The molecular formula is C5H9ClF3NO2S. The van der Waals surface area contributed by atoms with Crippen LogP contribution in [0.5, 0.6) is 0 Å². The van der Waals surface area contributed by atoms with Gasteiger partial charge in [-0.2, -0.15) is 13.2 Å². The minimum atomic E-state index is -4.66. The van der Waals surface area contributed by atoms with E-state index in [4.69, 9.17) is 11.8 Å². The lowest BCUT2D eigenvalue weighted by Gasteiger charge is -2.06. The topological polar surface area (TPSA) is 46.2 Å². The van der Waals surface area contributed by atoms with Crippen LogP contribution >= 0.6 is 11.8 Å². The summed E-state index contributed by atoms with van der Waals surface area (Å²) in [7, 11) is -4.04. The van der Waals surface area contributed by atoms with Crippen LogP contribution in [0.25, 0.3) is 0 Å². The van der Waals surface area contributed by atoms with Gasteiger partial charge in [0.15, 0.2) is 9.84 Å². The molecule has 0 aliphatic rings. The lowest BCUT2D eigenvalue weighted by Crippen LogP contribution is -2.25. The minimum Gasteiger partial charge on any atom is -0.234 e. The zero-order valence-electron chi connectivity index (χ0n) is 6.57. The van der Waals surface area contributed by atoms with E-state index in [1.54, 1.807) is 0 Å².